The molecule has 6 heteroatoms. The van der Waals surface area contributed by atoms with Crippen LogP contribution in [0.3, 0.4) is 0 Å². The second-order valence-corrected chi connectivity index (χ2v) is 6.47. The molecule has 0 rings (SSSR count). The van der Waals surface area contributed by atoms with Gasteiger partial charge in [0.1, 0.15) is 0 Å². The zero-order valence-corrected chi connectivity index (χ0v) is 12.8. The molecule has 0 spiro atoms. The van der Waals surface area contributed by atoms with Crippen molar-refractivity contribution in [3.8, 4) is 0 Å². The quantitative estimate of drug-likeness (QED) is 0.592. The predicted molar refractivity (Wildman–Crippen MR) is 73.4 cm³/mol. The summed E-state index contributed by atoms with van der Waals surface area (Å²) in [7, 11) is -2.53. The van der Waals surface area contributed by atoms with Gasteiger partial charge in [0, 0.05) is 25.4 Å². The van der Waals surface area contributed by atoms with Crippen LogP contribution in [0.25, 0.3) is 0 Å². The van der Waals surface area contributed by atoms with Gasteiger partial charge in [0.2, 0.25) is 0 Å². The van der Waals surface area contributed by atoms with Gasteiger partial charge in [-0.05, 0) is 40.2 Å². The molecular weight excluding hydrogens is 236 g/mol. The lowest BCUT2D eigenvalue weighted by Crippen LogP contribution is -2.50. The van der Waals surface area contributed by atoms with Crippen LogP contribution < -0.4 is 11.9 Å². The molecule has 1 atom stereocenters. The molecule has 0 aliphatic rings. The Labute approximate surface area is 107 Å². The number of hydrogen-bond donors (Lipinski definition) is 2. The van der Waals surface area contributed by atoms with Crippen LogP contribution in [0, 0.1) is 0 Å². The number of rotatable bonds is 10. The third-order valence-corrected chi connectivity index (χ3v) is 6.31. The summed E-state index contributed by atoms with van der Waals surface area (Å²) < 4.78 is 17.6. The second kappa shape index (κ2) is 11.1. The summed E-state index contributed by atoms with van der Waals surface area (Å²) in [6.45, 7) is 10.6. The van der Waals surface area contributed by atoms with Gasteiger partial charge in [0.15, 0.2) is 0 Å². The maximum Gasteiger partial charge on any atom is 0.504 e. The summed E-state index contributed by atoms with van der Waals surface area (Å²) in [5.41, 5.74) is 5.96. The molecule has 0 aliphatic carbocycles. The molecule has 106 valence electrons. The van der Waals surface area contributed by atoms with E-state index in [9.17, 15) is 0 Å². The van der Waals surface area contributed by atoms with Crippen LogP contribution in [0.1, 0.15) is 40.5 Å². The minimum absolute atomic E-state index is 0. The minimum atomic E-state index is -2.53. The standard InChI is InChI=1S/C11H27NO3Si.H3N/c1-5-11(9-10-12)16(13-6-2,14-7-3)15-8-4;/h11H,5-10,12H2,1-4H3;1H3. The lowest BCUT2D eigenvalue weighted by Gasteiger charge is -2.34. The van der Waals surface area contributed by atoms with E-state index in [0.29, 0.717) is 31.9 Å². The molecule has 0 aromatic heterocycles. The molecule has 0 aliphatic heterocycles. The average Bonchev–Trinajstić information content (AvgIpc) is 2.26. The normalized spacial score (nSPS) is 13.2. The Morgan fingerprint density at radius 1 is 0.941 bits per heavy atom. The maximum absolute atomic E-state index is 5.85. The highest BCUT2D eigenvalue weighted by Crippen LogP contribution is 2.31. The minimum Gasteiger partial charge on any atom is -0.374 e. The van der Waals surface area contributed by atoms with Crippen LogP contribution in [-0.4, -0.2) is 35.2 Å². The zero-order chi connectivity index (χ0) is 12.4. The van der Waals surface area contributed by atoms with Crippen LogP contribution >= 0.6 is 0 Å². The number of nitrogens with two attached hydrogens (primary N) is 1. The highest BCUT2D eigenvalue weighted by molar-refractivity contribution is 6.62. The third-order valence-electron chi connectivity index (χ3n) is 2.54. The van der Waals surface area contributed by atoms with Crippen molar-refractivity contribution in [3.63, 3.8) is 0 Å². The molecule has 0 bridgehead atoms. The van der Waals surface area contributed by atoms with Gasteiger partial charge in [0.25, 0.3) is 0 Å². The van der Waals surface area contributed by atoms with Crippen molar-refractivity contribution in [1.29, 1.82) is 0 Å². The van der Waals surface area contributed by atoms with Crippen molar-refractivity contribution in [2.75, 3.05) is 26.4 Å². The van der Waals surface area contributed by atoms with Crippen LogP contribution in [0.4, 0.5) is 0 Å². The first-order chi connectivity index (χ1) is 7.70. The Kier molecular flexibility index (Phi) is 12.7. The summed E-state index contributed by atoms with van der Waals surface area (Å²) in [5, 5.41) is 0. The van der Waals surface area contributed by atoms with Gasteiger partial charge in [0.05, 0.1) is 0 Å². The van der Waals surface area contributed by atoms with E-state index in [-0.39, 0.29) is 6.15 Å². The fourth-order valence-corrected chi connectivity index (χ4v) is 5.10. The van der Waals surface area contributed by atoms with Crippen LogP contribution in [-0.2, 0) is 13.3 Å². The van der Waals surface area contributed by atoms with Crippen molar-refractivity contribution in [3.05, 3.63) is 0 Å². The molecule has 0 heterocycles. The summed E-state index contributed by atoms with van der Waals surface area (Å²) in [4.78, 5) is 0. The summed E-state index contributed by atoms with van der Waals surface area (Å²) in [6, 6.07) is 0. The van der Waals surface area contributed by atoms with Gasteiger partial charge < -0.3 is 25.2 Å². The molecule has 0 radical (unpaired) electrons. The lowest BCUT2D eigenvalue weighted by atomic mass is 10.2. The van der Waals surface area contributed by atoms with Crippen molar-refractivity contribution >= 4 is 8.80 Å². The molecule has 5 N–H and O–H groups in total. The number of hydrogen-bond acceptors (Lipinski definition) is 5. The fraction of sp³-hybridized carbons (Fsp3) is 1.00. The van der Waals surface area contributed by atoms with Gasteiger partial charge in [-0.1, -0.05) is 6.92 Å². The van der Waals surface area contributed by atoms with Gasteiger partial charge in [-0.3, -0.25) is 0 Å². The highest BCUT2D eigenvalue weighted by atomic mass is 28.4. The first kappa shape index (κ1) is 19.4. The van der Waals surface area contributed by atoms with E-state index in [1.165, 1.54) is 0 Å². The molecule has 0 saturated heterocycles. The Bertz CT molecular complexity index is 156. The van der Waals surface area contributed by atoms with Crippen LogP contribution in [0.15, 0.2) is 0 Å². The molecule has 0 aromatic rings. The highest BCUT2D eigenvalue weighted by Gasteiger charge is 2.47. The zero-order valence-electron chi connectivity index (χ0n) is 11.8. The molecule has 1 unspecified atom stereocenters. The van der Waals surface area contributed by atoms with Gasteiger partial charge in [-0.25, -0.2) is 0 Å². The molecule has 5 nitrogen and oxygen atoms in total. The van der Waals surface area contributed by atoms with Crippen molar-refractivity contribution < 1.29 is 13.3 Å². The predicted octanol–water partition coefficient (Wildman–Crippen LogP) is 2.33. The van der Waals surface area contributed by atoms with Gasteiger partial charge in [-0.15, -0.1) is 0 Å². The van der Waals surface area contributed by atoms with Crippen LogP contribution in [0.2, 0.25) is 5.54 Å². The van der Waals surface area contributed by atoms with E-state index in [0.717, 1.165) is 12.8 Å². The molecule has 0 aromatic carbocycles. The molecule has 17 heavy (non-hydrogen) atoms. The summed E-state index contributed by atoms with van der Waals surface area (Å²) in [6.07, 6.45) is 1.89. The Morgan fingerprint density at radius 3 is 1.59 bits per heavy atom. The lowest BCUT2D eigenvalue weighted by molar-refractivity contribution is 0.0594. The second-order valence-electron chi connectivity index (χ2n) is 3.59. The topological polar surface area (TPSA) is 88.7 Å². The Balaban J connectivity index is 0. The molecule has 0 amide bonds. The SMILES string of the molecule is CCO[Si](OCC)(OCC)C(CC)CCN.N. The fourth-order valence-electron chi connectivity index (χ4n) is 1.91. The van der Waals surface area contributed by atoms with Crippen molar-refractivity contribution in [2.45, 2.75) is 46.1 Å². The Morgan fingerprint density at radius 2 is 1.35 bits per heavy atom. The maximum atomic E-state index is 5.85. The van der Waals surface area contributed by atoms with E-state index in [1.807, 2.05) is 20.8 Å². The van der Waals surface area contributed by atoms with Crippen molar-refractivity contribution in [1.82, 2.24) is 6.15 Å². The Hall–Kier alpha value is 0.0169. The van der Waals surface area contributed by atoms with E-state index in [4.69, 9.17) is 19.0 Å². The van der Waals surface area contributed by atoms with E-state index in [2.05, 4.69) is 6.92 Å². The molecule has 0 fully saturated rings. The summed E-state index contributed by atoms with van der Waals surface area (Å²) >= 11 is 0. The first-order valence-electron chi connectivity index (χ1n) is 6.32. The van der Waals surface area contributed by atoms with Gasteiger partial charge in [-0.2, -0.15) is 0 Å². The van der Waals surface area contributed by atoms with Crippen molar-refractivity contribution in [2.24, 2.45) is 5.73 Å². The molecule has 0 saturated carbocycles. The van der Waals surface area contributed by atoms with E-state index >= 15 is 0 Å². The largest absolute Gasteiger partial charge is 0.504 e. The van der Waals surface area contributed by atoms with Gasteiger partial charge >= 0.3 is 8.80 Å². The first-order valence-corrected chi connectivity index (χ1v) is 8.12. The van der Waals surface area contributed by atoms with E-state index < -0.39 is 8.80 Å². The molecular formula is C11H30N2O3Si. The summed E-state index contributed by atoms with van der Waals surface area (Å²) in [5.74, 6) is 0. The average molecular weight is 266 g/mol. The smallest absolute Gasteiger partial charge is 0.374 e. The monoisotopic (exact) mass is 266 g/mol. The third kappa shape index (κ3) is 5.94. The van der Waals surface area contributed by atoms with Crippen LogP contribution in [0.5, 0.6) is 0 Å². The van der Waals surface area contributed by atoms with E-state index in [1.54, 1.807) is 0 Å².